The lowest BCUT2D eigenvalue weighted by atomic mass is 9.91. The average Bonchev–Trinajstić information content (AvgIpc) is 3.01. The Bertz CT molecular complexity index is 843. The van der Waals surface area contributed by atoms with E-state index in [1.54, 1.807) is 18.9 Å². The van der Waals surface area contributed by atoms with Gasteiger partial charge in [-0.2, -0.15) is 0 Å². The first-order valence-electron chi connectivity index (χ1n) is 7.95. The molecule has 0 radical (unpaired) electrons. The quantitative estimate of drug-likeness (QED) is 0.733. The van der Waals surface area contributed by atoms with Gasteiger partial charge in [0.25, 0.3) is 0 Å². The monoisotopic (exact) mass is 325 g/mol. The maximum Gasteiger partial charge on any atom is 0.166 e. The van der Waals surface area contributed by atoms with Crippen molar-refractivity contribution in [1.82, 2.24) is 15.0 Å². The van der Waals surface area contributed by atoms with E-state index < -0.39 is 0 Å². The second-order valence-corrected chi connectivity index (χ2v) is 6.78. The molecule has 0 unspecified atom stereocenters. The molecule has 0 saturated heterocycles. The summed E-state index contributed by atoms with van der Waals surface area (Å²) in [5, 5.41) is 0.934. The largest absolute Gasteiger partial charge is 0.497 e. The number of hydrogen-bond acceptors (Lipinski definition) is 4. The number of pyridine rings is 1. The summed E-state index contributed by atoms with van der Waals surface area (Å²) in [6.07, 6.45) is 6.88. The van der Waals surface area contributed by atoms with Crippen LogP contribution in [0.25, 0.3) is 11.0 Å². The number of thioether (sulfide) groups is 1. The Morgan fingerprint density at radius 3 is 3.04 bits per heavy atom. The van der Waals surface area contributed by atoms with Gasteiger partial charge in [-0.25, -0.2) is 4.98 Å². The number of hydrogen-bond donors (Lipinski definition) is 1. The lowest BCUT2D eigenvalue weighted by Crippen LogP contribution is -2.07. The Morgan fingerprint density at radius 2 is 2.13 bits per heavy atom. The smallest absolute Gasteiger partial charge is 0.166 e. The van der Waals surface area contributed by atoms with Crippen molar-refractivity contribution >= 4 is 22.8 Å². The fourth-order valence-corrected chi connectivity index (χ4v) is 4.03. The zero-order valence-electron chi connectivity index (χ0n) is 13.1. The Balaban J connectivity index is 1.55. The summed E-state index contributed by atoms with van der Waals surface area (Å²) in [5.74, 6) is 1.71. The van der Waals surface area contributed by atoms with Crippen molar-refractivity contribution in [1.29, 1.82) is 0 Å². The Hall–Kier alpha value is -2.01. The average molecular weight is 325 g/mol. The molecule has 0 saturated carbocycles. The van der Waals surface area contributed by atoms with Gasteiger partial charge in [0.1, 0.15) is 5.75 Å². The van der Waals surface area contributed by atoms with Crippen molar-refractivity contribution in [2.24, 2.45) is 0 Å². The number of benzene rings is 1. The Morgan fingerprint density at radius 1 is 1.22 bits per heavy atom. The number of imidazole rings is 1. The molecule has 0 aliphatic heterocycles. The molecule has 23 heavy (non-hydrogen) atoms. The van der Waals surface area contributed by atoms with Gasteiger partial charge in [0, 0.05) is 18.0 Å². The number of methoxy groups -OCH3 is 1. The standard InChI is InChI=1S/C18H19N3OS/c1-22-13-6-7-15-16(10-13)21-18(20-15)23-11-17-14-5-3-2-4-12(14)8-9-19-17/h6-10H,2-5,11H2,1H3,(H,20,21). The SMILES string of the molecule is COc1ccc2nc(SCc3nccc4c3CCCC4)[nH]c2c1. The predicted molar refractivity (Wildman–Crippen MR) is 93.1 cm³/mol. The third-order valence-electron chi connectivity index (χ3n) is 4.38. The molecule has 0 atom stereocenters. The third kappa shape index (κ3) is 2.93. The number of nitrogens with zero attached hydrogens (tertiary/aromatic N) is 2. The second-order valence-electron chi connectivity index (χ2n) is 5.82. The molecule has 0 amide bonds. The molecule has 1 aliphatic rings. The van der Waals surface area contributed by atoms with E-state index in [1.807, 2.05) is 24.4 Å². The minimum absolute atomic E-state index is 0.844. The summed E-state index contributed by atoms with van der Waals surface area (Å²) in [7, 11) is 1.68. The fraction of sp³-hybridized carbons (Fsp3) is 0.333. The van der Waals surface area contributed by atoms with Crippen LogP contribution in [0.5, 0.6) is 5.75 Å². The summed E-state index contributed by atoms with van der Waals surface area (Å²) >= 11 is 1.72. The van der Waals surface area contributed by atoms with Crippen LogP contribution in [0.2, 0.25) is 0 Å². The van der Waals surface area contributed by atoms with E-state index in [2.05, 4.69) is 21.0 Å². The summed E-state index contributed by atoms with van der Waals surface area (Å²) in [4.78, 5) is 12.6. The van der Waals surface area contributed by atoms with Crippen LogP contribution < -0.4 is 4.74 Å². The zero-order chi connectivity index (χ0) is 15.6. The third-order valence-corrected chi connectivity index (χ3v) is 5.26. The molecule has 118 valence electrons. The number of aromatic nitrogens is 3. The van der Waals surface area contributed by atoms with Crippen LogP contribution in [-0.2, 0) is 18.6 Å². The first-order chi connectivity index (χ1) is 11.3. The first-order valence-corrected chi connectivity index (χ1v) is 8.94. The predicted octanol–water partition coefficient (Wildman–Crippen LogP) is 4.14. The van der Waals surface area contributed by atoms with Crippen molar-refractivity contribution in [3.05, 3.63) is 47.3 Å². The Labute approximate surface area is 139 Å². The minimum atomic E-state index is 0.844. The summed E-state index contributed by atoms with van der Waals surface area (Å²) in [6.45, 7) is 0. The second kappa shape index (κ2) is 6.24. The van der Waals surface area contributed by atoms with Gasteiger partial charge in [-0.05, 0) is 55.0 Å². The van der Waals surface area contributed by atoms with Crippen molar-refractivity contribution in [3.8, 4) is 5.75 Å². The van der Waals surface area contributed by atoms with Crippen LogP contribution in [-0.4, -0.2) is 22.1 Å². The highest BCUT2D eigenvalue weighted by Crippen LogP contribution is 2.29. The number of ether oxygens (including phenoxy) is 1. The van der Waals surface area contributed by atoms with Gasteiger partial charge in [0.2, 0.25) is 0 Å². The van der Waals surface area contributed by atoms with E-state index in [-0.39, 0.29) is 0 Å². The number of aryl methyl sites for hydroxylation is 1. The lowest BCUT2D eigenvalue weighted by Gasteiger charge is -2.17. The van der Waals surface area contributed by atoms with Crippen molar-refractivity contribution in [3.63, 3.8) is 0 Å². The van der Waals surface area contributed by atoms with Crippen LogP contribution in [0.15, 0.2) is 35.6 Å². The fourth-order valence-electron chi connectivity index (χ4n) is 3.16. The molecule has 4 nitrogen and oxygen atoms in total. The summed E-state index contributed by atoms with van der Waals surface area (Å²) in [6, 6.07) is 8.08. The van der Waals surface area contributed by atoms with Gasteiger partial charge >= 0.3 is 0 Å². The van der Waals surface area contributed by atoms with E-state index in [4.69, 9.17) is 4.74 Å². The molecule has 0 spiro atoms. The van der Waals surface area contributed by atoms with Gasteiger partial charge in [-0.3, -0.25) is 4.98 Å². The van der Waals surface area contributed by atoms with Gasteiger partial charge < -0.3 is 9.72 Å². The molecular weight excluding hydrogens is 306 g/mol. The molecule has 1 aliphatic carbocycles. The van der Waals surface area contributed by atoms with Crippen LogP contribution in [0.4, 0.5) is 0 Å². The molecule has 0 fully saturated rings. The highest BCUT2D eigenvalue weighted by Gasteiger charge is 2.14. The molecule has 4 rings (SSSR count). The normalized spacial score (nSPS) is 14.0. The van der Waals surface area contributed by atoms with Crippen molar-refractivity contribution in [2.45, 2.75) is 36.6 Å². The number of rotatable bonds is 4. The van der Waals surface area contributed by atoms with Gasteiger partial charge in [0.15, 0.2) is 5.16 Å². The molecule has 2 heterocycles. The molecule has 1 N–H and O–H groups in total. The maximum absolute atomic E-state index is 5.26. The van der Waals surface area contributed by atoms with E-state index in [9.17, 15) is 0 Å². The lowest BCUT2D eigenvalue weighted by molar-refractivity contribution is 0.415. The van der Waals surface area contributed by atoms with Gasteiger partial charge in [0.05, 0.1) is 23.8 Å². The maximum atomic E-state index is 5.26. The van der Waals surface area contributed by atoms with E-state index in [0.29, 0.717) is 0 Å². The number of aromatic amines is 1. The Kier molecular flexibility index (Phi) is 3.95. The van der Waals surface area contributed by atoms with Crippen molar-refractivity contribution in [2.75, 3.05) is 7.11 Å². The van der Waals surface area contributed by atoms with Crippen LogP contribution in [0.3, 0.4) is 0 Å². The summed E-state index contributed by atoms with van der Waals surface area (Å²) < 4.78 is 5.26. The highest BCUT2D eigenvalue weighted by atomic mass is 32.2. The highest BCUT2D eigenvalue weighted by molar-refractivity contribution is 7.98. The summed E-state index contributed by atoms with van der Waals surface area (Å²) in [5.41, 5.74) is 6.14. The van der Waals surface area contributed by atoms with Gasteiger partial charge in [-0.1, -0.05) is 11.8 Å². The molecule has 5 heteroatoms. The molecule has 3 aromatic rings. The first kappa shape index (κ1) is 14.6. The van der Waals surface area contributed by atoms with Crippen LogP contribution in [0, 0.1) is 0 Å². The molecule has 0 bridgehead atoms. The number of H-pyrrole nitrogens is 1. The zero-order valence-corrected chi connectivity index (χ0v) is 13.9. The van der Waals surface area contributed by atoms with Crippen molar-refractivity contribution < 1.29 is 4.74 Å². The van der Waals surface area contributed by atoms with Crippen LogP contribution in [0.1, 0.15) is 29.7 Å². The van der Waals surface area contributed by atoms with E-state index >= 15 is 0 Å². The topological polar surface area (TPSA) is 50.8 Å². The number of fused-ring (bicyclic) bond motifs is 2. The van der Waals surface area contributed by atoms with E-state index in [0.717, 1.165) is 34.1 Å². The number of nitrogens with one attached hydrogen (secondary N) is 1. The van der Waals surface area contributed by atoms with Gasteiger partial charge in [-0.15, -0.1) is 0 Å². The van der Waals surface area contributed by atoms with Crippen LogP contribution >= 0.6 is 11.8 Å². The van der Waals surface area contributed by atoms with E-state index in [1.165, 1.54) is 36.1 Å². The molecular formula is C18H19N3OS. The molecule has 2 aromatic heterocycles. The minimum Gasteiger partial charge on any atom is -0.497 e. The molecule has 1 aromatic carbocycles.